The number of anilines is 1. The standard InChI is InChI=1S/C15H14FNO/c16-12-4-6-15(18)13(9-12)10-3-5-14-11(8-10)2-1-7-17-14/h3-6,8-9,17-18H,1-2,7H2. The zero-order valence-electron chi connectivity index (χ0n) is 9.91. The number of aromatic hydroxyl groups is 1. The van der Waals surface area contributed by atoms with Crippen LogP contribution in [0.15, 0.2) is 36.4 Å². The van der Waals surface area contributed by atoms with Crippen molar-refractivity contribution in [3.63, 3.8) is 0 Å². The molecular weight excluding hydrogens is 229 g/mol. The van der Waals surface area contributed by atoms with Crippen LogP contribution < -0.4 is 5.32 Å². The van der Waals surface area contributed by atoms with Gasteiger partial charge in [0.2, 0.25) is 0 Å². The van der Waals surface area contributed by atoms with E-state index < -0.39 is 0 Å². The molecule has 0 aromatic heterocycles. The first-order valence-corrected chi connectivity index (χ1v) is 6.10. The van der Waals surface area contributed by atoms with Crippen LogP contribution in [0.2, 0.25) is 0 Å². The Kier molecular flexibility index (Phi) is 2.67. The average molecular weight is 243 g/mol. The van der Waals surface area contributed by atoms with Crippen molar-refractivity contribution < 1.29 is 9.50 Å². The highest BCUT2D eigenvalue weighted by Gasteiger charge is 2.11. The molecule has 0 bridgehead atoms. The van der Waals surface area contributed by atoms with Gasteiger partial charge in [0.15, 0.2) is 0 Å². The molecule has 0 aliphatic carbocycles. The Labute approximate surface area is 105 Å². The number of aryl methyl sites for hydroxylation is 1. The van der Waals surface area contributed by atoms with Gasteiger partial charge in [0.25, 0.3) is 0 Å². The van der Waals surface area contributed by atoms with E-state index in [9.17, 15) is 9.50 Å². The highest BCUT2D eigenvalue weighted by molar-refractivity contribution is 5.73. The number of nitrogens with one attached hydrogen (secondary N) is 1. The van der Waals surface area contributed by atoms with Gasteiger partial charge in [0.05, 0.1) is 0 Å². The van der Waals surface area contributed by atoms with Gasteiger partial charge in [-0.1, -0.05) is 6.07 Å². The zero-order chi connectivity index (χ0) is 12.5. The van der Waals surface area contributed by atoms with Crippen molar-refractivity contribution in [3.05, 3.63) is 47.8 Å². The Hall–Kier alpha value is -2.03. The summed E-state index contributed by atoms with van der Waals surface area (Å²) in [5.41, 5.74) is 3.76. The third-order valence-corrected chi connectivity index (χ3v) is 3.31. The van der Waals surface area contributed by atoms with Gasteiger partial charge in [0.1, 0.15) is 11.6 Å². The molecule has 0 atom stereocenters. The highest BCUT2D eigenvalue weighted by atomic mass is 19.1. The fraction of sp³-hybridized carbons (Fsp3) is 0.200. The van der Waals surface area contributed by atoms with Crippen molar-refractivity contribution in [2.45, 2.75) is 12.8 Å². The van der Waals surface area contributed by atoms with E-state index in [1.807, 2.05) is 18.2 Å². The second-order valence-corrected chi connectivity index (χ2v) is 4.56. The molecule has 0 unspecified atom stereocenters. The summed E-state index contributed by atoms with van der Waals surface area (Å²) < 4.78 is 13.2. The fourth-order valence-corrected chi connectivity index (χ4v) is 2.38. The minimum Gasteiger partial charge on any atom is -0.507 e. The van der Waals surface area contributed by atoms with E-state index in [0.717, 1.165) is 30.6 Å². The first kappa shape index (κ1) is 11.1. The fourth-order valence-electron chi connectivity index (χ4n) is 2.38. The maximum absolute atomic E-state index is 13.2. The number of fused-ring (bicyclic) bond motifs is 1. The molecule has 2 aromatic carbocycles. The number of phenolic OH excluding ortho intramolecular Hbond substituents is 1. The van der Waals surface area contributed by atoms with Crippen LogP contribution in [0.25, 0.3) is 11.1 Å². The first-order valence-electron chi connectivity index (χ1n) is 6.10. The molecule has 1 aliphatic heterocycles. The largest absolute Gasteiger partial charge is 0.507 e. The number of halogens is 1. The maximum Gasteiger partial charge on any atom is 0.124 e. The number of benzene rings is 2. The predicted molar refractivity (Wildman–Crippen MR) is 70.3 cm³/mol. The van der Waals surface area contributed by atoms with Crippen LogP contribution in [0.1, 0.15) is 12.0 Å². The Morgan fingerprint density at radius 2 is 2.00 bits per heavy atom. The summed E-state index contributed by atoms with van der Waals surface area (Å²) in [6.07, 6.45) is 2.12. The molecule has 0 amide bonds. The molecule has 18 heavy (non-hydrogen) atoms. The van der Waals surface area contributed by atoms with Crippen molar-refractivity contribution in [2.24, 2.45) is 0 Å². The molecular formula is C15H14FNO. The molecule has 0 radical (unpaired) electrons. The van der Waals surface area contributed by atoms with Crippen molar-refractivity contribution in [1.29, 1.82) is 0 Å². The van der Waals surface area contributed by atoms with E-state index in [4.69, 9.17) is 0 Å². The number of hydrogen-bond donors (Lipinski definition) is 2. The lowest BCUT2D eigenvalue weighted by atomic mass is 9.97. The van der Waals surface area contributed by atoms with E-state index in [0.29, 0.717) is 5.56 Å². The molecule has 2 aromatic rings. The summed E-state index contributed by atoms with van der Waals surface area (Å²) in [5.74, 6) is -0.223. The zero-order valence-corrected chi connectivity index (χ0v) is 9.91. The van der Waals surface area contributed by atoms with Gasteiger partial charge in [-0.25, -0.2) is 4.39 Å². The lowest BCUT2D eigenvalue weighted by Crippen LogP contribution is -2.11. The molecule has 2 N–H and O–H groups in total. The maximum atomic E-state index is 13.2. The van der Waals surface area contributed by atoms with E-state index in [1.165, 1.54) is 23.8 Å². The minimum absolute atomic E-state index is 0.111. The predicted octanol–water partition coefficient (Wildman–Crippen LogP) is 3.56. The first-order chi connectivity index (χ1) is 8.74. The summed E-state index contributed by atoms with van der Waals surface area (Å²) in [7, 11) is 0. The SMILES string of the molecule is Oc1ccc(F)cc1-c1ccc2c(c1)CCCN2. The normalized spacial score (nSPS) is 13.8. The van der Waals surface area contributed by atoms with Crippen LogP contribution in [0.5, 0.6) is 5.75 Å². The smallest absolute Gasteiger partial charge is 0.124 e. The topological polar surface area (TPSA) is 32.3 Å². The molecule has 0 saturated carbocycles. The number of phenols is 1. The van der Waals surface area contributed by atoms with Gasteiger partial charge in [0, 0.05) is 17.8 Å². The van der Waals surface area contributed by atoms with Gasteiger partial charge in [-0.15, -0.1) is 0 Å². The molecule has 3 heteroatoms. The Balaban J connectivity index is 2.09. The summed E-state index contributed by atoms with van der Waals surface area (Å²) in [4.78, 5) is 0. The van der Waals surface area contributed by atoms with Crippen molar-refractivity contribution in [1.82, 2.24) is 0 Å². The lowest BCUT2D eigenvalue weighted by Gasteiger charge is -2.19. The summed E-state index contributed by atoms with van der Waals surface area (Å²) >= 11 is 0. The summed E-state index contributed by atoms with van der Waals surface area (Å²) in [6.45, 7) is 0.998. The minimum atomic E-state index is -0.335. The number of rotatable bonds is 1. The molecule has 1 aliphatic rings. The summed E-state index contributed by atoms with van der Waals surface area (Å²) in [6, 6.07) is 9.95. The van der Waals surface area contributed by atoms with Crippen molar-refractivity contribution in [3.8, 4) is 16.9 Å². The van der Waals surface area contributed by atoms with E-state index >= 15 is 0 Å². The van der Waals surface area contributed by atoms with Crippen LogP contribution in [0.4, 0.5) is 10.1 Å². The molecule has 92 valence electrons. The van der Waals surface area contributed by atoms with Gasteiger partial charge in [-0.3, -0.25) is 0 Å². The molecule has 0 fully saturated rings. The highest BCUT2D eigenvalue weighted by Crippen LogP contribution is 2.33. The van der Waals surface area contributed by atoms with E-state index in [-0.39, 0.29) is 11.6 Å². The van der Waals surface area contributed by atoms with E-state index in [1.54, 1.807) is 0 Å². The molecule has 2 nitrogen and oxygen atoms in total. The summed E-state index contributed by atoms with van der Waals surface area (Å²) in [5, 5.41) is 13.1. The monoisotopic (exact) mass is 243 g/mol. The van der Waals surface area contributed by atoms with Crippen LogP contribution >= 0.6 is 0 Å². The Bertz CT molecular complexity index is 595. The Morgan fingerprint density at radius 1 is 1.11 bits per heavy atom. The third kappa shape index (κ3) is 1.92. The average Bonchev–Trinajstić information content (AvgIpc) is 2.41. The third-order valence-electron chi connectivity index (χ3n) is 3.31. The van der Waals surface area contributed by atoms with Crippen molar-refractivity contribution >= 4 is 5.69 Å². The van der Waals surface area contributed by atoms with E-state index in [2.05, 4.69) is 5.32 Å². The molecule has 0 spiro atoms. The van der Waals surface area contributed by atoms with Gasteiger partial charge in [-0.2, -0.15) is 0 Å². The van der Waals surface area contributed by atoms with Gasteiger partial charge >= 0.3 is 0 Å². The second-order valence-electron chi connectivity index (χ2n) is 4.56. The lowest BCUT2D eigenvalue weighted by molar-refractivity contribution is 0.475. The van der Waals surface area contributed by atoms with Gasteiger partial charge < -0.3 is 10.4 Å². The second kappa shape index (κ2) is 4.33. The number of hydrogen-bond acceptors (Lipinski definition) is 2. The quantitative estimate of drug-likeness (QED) is 0.802. The van der Waals surface area contributed by atoms with Crippen molar-refractivity contribution in [2.75, 3.05) is 11.9 Å². The Morgan fingerprint density at radius 3 is 2.89 bits per heavy atom. The van der Waals surface area contributed by atoms with Crippen LogP contribution in [-0.2, 0) is 6.42 Å². The van der Waals surface area contributed by atoms with Crippen LogP contribution in [0.3, 0.4) is 0 Å². The molecule has 1 heterocycles. The van der Waals surface area contributed by atoms with Crippen LogP contribution in [-0.4, -0.2) is 11.7 Å². The van der Waals surface area contributed by atoms with Crippen LogP contribution in [0, 0.1) is 5.82 Å². The van der Waals surface area contributed by atoms with Gasteiger partial charge in [-0.05, 0) is 54.3 Å². The molecule has 0 saturated heterocycles. The molecule has 3 rings (SSSR count).